The number of carbonyl (C=O) groups excluding carboxylic acids is 2. The molecule has 1 aliphatic rings. The van der Waals surface area contributed by atoms with E-state index < -0.39 is 49.4 Å². The quantitative estimate of drug-likeness (QED) is 0.737. The number of aliphatic hydroxyl groups is 1. The summed E-state index contributed by atoms with van der Waals surface area (Å²) in [5, 5.41) is 9.25. The molecule has 2 amide bonds. The van der Waals surface area contributed by atoms with E-state index in [0.717, 1.165) is 0 Å². The fourth-order valence-electron chi connectivity index (χ4n) is 1.38. The van der Waals surface area contributed by atoms with Gasteiger partial charge >= 0.3 is 6.09 Å². The number of aliphatic hydroxyl groups excluding tert-OH is 1. The zero-order valence-corrected chi connectivity index (χ0v) is 9.56. The van der Waals surface area contributed by atoms with Gasteiger partial charge < -0.3 is 9.84 Å². The summed E-state index contributed by atoms with van der Waals surface area (Å²) in [5.41, 5.74) is -0.868. The van der Waals surface area contributed by atoms with E-state index in [1.807, 2.05) is 0 Å². The van der Waals surface area contributed by atoms with Gasteiger partial charge in [0.15, 0.2) is 0 Å². The average Bonchev–Trinajstić information content (AvgIpc) is 2.45. The molecule has 5 heteroatoms. The second-order valence-electron chi connectivity index (χ2n) is 4.61. The van der Waals surface area contributed by atoms with Crippen LogP contribution in [0.3, 0.4) is 0 Å². The molecule has 0 aromatic rings. The van der Waals surface area contributed by atoms with Crippen LogP contribution in [0.25, 0.3) is 0 Å². The smallest absolute Gasteiger partial charge is 0.417 e. The lowest BCUT2D eigenvalue weighted by molar-refractivity contribution is -0.131. The first-order valence-electron chi connectivity index (χ1n) is 7.07. The second-order valence-corrected chi connectivity index (χ2v) is 4.61. The summed E-state index contributed by atoms with van der Waals surface area (Å²) in [6.45, 7) is 1.41. The lowest BCUT2D eigenvalue weighted by Gasteiger charge is -2.26. The van der Waals surface area contributed by atoms with Crippen LogP contribution in [0.5, 0.6) is 0 Å². The predicted octanol–water partition coefficient (Wildman–Crippen LogP) is 1.15. The number of likely N-dealkylation sites (tertiary alicyclic amines) is 1. The zero-order chi connectivity index (χ0) is 15.9. The van der Waals surface area contributed by atoms with Gasteiger partial charge in [0.1, 0.15) is 5.60 Å². The molecule has 0 spiro atoms. The molecule has 0 bridgehead atoms. The summed E-state index contributed by atoms with van der Waals surface area (Å²) in [6, 6.07) is -1.21. The highest BCUT2D eigenvalue weighted by molar-refractivity contribution is 5.95. The first-order valence-corrected chi connectivity index (χ1v) is 4.99. The standard InChI is InChI=1S/C11H19NO4/c1-7-5-8(6-13)12(9(7)14)10(15)16-11(2,3)4/h7-8,13H,5-6H2,1-4H3/t7-,8-/m0/s1/i1+0D3,5D/t5-,7+,8+/m1. The Labute approximate surface area is 101 Å². The average molecular weight is 233 g/mol. The van der Waals surface area contributed by atoms with E-state index in [2.05, 4.69) is 0 Å². The molecule has 0 saturated carbocycles. The van der Waals surface area contributed by atoms with Gasteiger partial charge in [-0.25, -0.2) is 9.69 Å². The van der Waals surface area contributed by atoms with Crippen molar-refractivity contribution in [2.45, 2.75) is 45.7 Å². The third-order valence-corrected chi connectivity index (χ3v) is 2.03. The van der Waals surface area contributed by atoms with Crippen LogP contribution in [0, 0.1) is 5.92 Å². The molecule has 1 heterocycles. The van der Waals surface area contributed by atoms with Crippen molar-refractivity contribution in [3.05, 3.63) is 0 Å². The Kier molecular flexibility index (Phi) is 2.22. The molecular formula is C11H19NO4. The monoisotopic (exact) mass is 233 g/mol. The molecule has 1 N–H and O–H groups in total. The van der Waals surface area contributed by atoms with Crippen molar-refractivity contribution in [3.63, 3.8) is 0 Å². The normalized spacial score (nSPS) is 35.1. The number of rotatable bonds is 1. The highest BCUT2D eigenvalue weighted by Gasteiger charge is 2.42. The number of ether oxygens (including phenoxy) is 1. The van der Waals surface area contributed by atoms with Crippen LogP contribution >= 0.6 is 0 Å². The summed E-state index contributed by atoms with van der Waals surface area (Å²) in [7, 11) is 0. The minimum absolute atomic E-state index is 0.556. The molecule has 16 heavy (non-hydrogen) atoms. The van der Waals surface area contributed by atoms with Gasteiger partial charge in [0, 0.05) is 11.4 Å². The van der Waals surface area contributed by atoms with Crippen LogP contribution in [0.4, 0.5) is 4.79 Å². The molecular weight excluding hydrogens is 210 g/mol. The first kappa shape index (κ1) is 8.06. The van der Waals surface area contributed by atoms with Gasteiger partial charge in [0.25, 0.3) is 0 Å². The summed E-state index contributed by atoms with van der Waals surface area (Å²) >= 11 is 0. The van der Waals surface area contributed by atoms with E-state index in [1.54, 1.807) is 20.8 Å². The molecule has 0 aromatic heterocycles. The molecule has 1 rings (SSSR count). The minimum Gasteiger partial charge on any atom is -0.443 e. The Bertz CT molecular complexity index is 404. The fourth-order valence-corrected chi connectivity index (χ4v) is 1.38. The molecule has 0 radical (unpaired) electrons. The van der Waals surface area contributed by atoms with Gasteiger partial charge in [-0.1, -0.05) is 6.85 Å². The maximum absolute atomic E-state index is 12.1. The Morgan fingerprint density at radius 3 is 2.81 bits per heavy atom. The van der Waals surface area contributed by atoms with Gasteiger partial charge in [0.2, 0.25) is 5.91 Å². The highest BCUT2D eigenvalue weighted by Crippen LogP contribution is 2.26. The molecule has 1 fully saturated rings. The van der Waals surface area contributed by atoms with Crippen LogP contribution in [-0.2, 0) is 9.53 Å². The van der Waals surface area contributed by atoms with Crippen LogP contribution < -0.4 is 0 Å². The Morgan fingerprint density at radius 2 is 2.38 bits per heavy atom. The van der Waals surface area contributed by atoms with Gasteiger partial charge in [-0.2, -0.15) is 0 Å². The Morgan fingerprint density at radius 1 is 1.75 bits per heavy atom. The molecule has 0 aliphatic carbocycles. The summed E-state index contributed by atoms with van der Waals surface area (Å²) in [4.78, 5) is 24.6. The topological polar surface area (TPSA) is 66.8 Å². The van der Waals surface area contributed by atoms with E-state index in [-0.39, 0.29) is 0 Å². The van der Waals surface area contributed by atoms with Gasteiger partial charge in [-0.05, 0) is 27.2 Å². The molecule has 1 saturated heterocycles. The lowest BCUT2D eigenvalue weighted by atomic mass is 10.1. The van der Waals surface area contributed by atoms with Crippen LogP contribution in [0.15, 0.2) is 0 Å². The molecule has 1 aliphatic heterocycles. The van der Waals surface area contributed by atoms with E-state index in [9.17, 15) is 14.7 Å². The number of nitrogens with zero attached hydrogens (tertiary/aromatic N) is 1. The van der Waals surface area contributed by atoms with E-state index >= 15 is 0 Å². The first-order chi connectivity index (χ1) is 8.90. The molecule has 0 unspecified atom stereocenters. The zero-order valence-electron chi connectivity index (χ0n) is 13.6. The predicted molar refractivity (Wildman–Crippen MR) is 57.7 cm³/mol. The van der Waals surface area contributed by atoms with Gasteiger partial charge in [-0.3, -0.25) is 4.79 Å². The molecule has 3 atom stereocenters. The number of imide groups is 1. The third kappa shape index (κ3) is 2.72. The molecule has 92 valence electrons. The summed E-state index contributed by atoms with van der Waals surface area (Å²) in [5.74, 6) is -2.63. The van der Waals surface area contributed by atoms with Crippen LogP contribution in [0.2, 0.25) is 0 Å². The van der Waals surface area contributed by atoms with Crippen molar-refractivity contribution < 1.29 is 24.9 Å². The second kappa shape index (κ2) is 4.41. The summed E-state index contributed by atoms with van der Waals surface area (Å²) in [6.07, 6.45) is -2.45. The van der Waals surface area contributed by atoms with Crippen LogP contribution in [0.1, 0.15) is 39.5 Å². The minimum atomic E-state index is -2.70. The van der Waals surface area contributed by atoms with Crippen molar-refractivity contribution in [2.75, 3.05) is 6.61 Å². The number of hydrogen-bond donors (Lipinski definition) is 1. The SMILES string of the molecule is [2H][C@H]1[C@@H](CO)N(C(=O)OC(C)(C)C)C(=O)[C@H]1[12C]([2H])([2H])[2H]. The number of amides is 2. The summed E-state index contributed by atoms with van der Waals surface area (Å²) < 4.78 is 34.7. The van der Waals surface area contributed by atoms with E-state index in [0.29, 0.717) is 4.90 Å². The van der Waals surface area contributed by atoms with Crippen molar-refractivity contribution in [2.24, 2.45) is 5.92 Å². The van der Waals surface area contributed by atoms with Crippen molar-refractivity contribution >= 4 is 12.0 Å². The maximum atomic E-state index is 12.1. The molecule has 5 nitrogen and oxygen atoms in total. The van der Waals surface area contributed by atoms with Gasteiger partial charge in [0.05, 0.1) is 12.6 Å². The van der Waals surface area contributed by atoms with E-state index in [4.69, 9.17) is 10.2 Å². The van der Waals surface area contributed by atoms with Gasteiger partial charge in [-0.15, -0.1) is 0 Å². The number of hydrogen-bond acceptors (Lipinski definition) is 4. The maximum Gasteiger partial charge on any atom is 0.417 e. The van der Waals surface area contributed by atoms with Crippen molar-refractivity contribution in [1.82, 2.24) is 4.90 Å². The fraction of sp³-hybridized carbons (Fsp3) is 0.818. The van der Waals surface area contributed by atoms with Crippen LogP contribution in [-0.4, -0.2) is 40.3 Å². The van der Waals surface area contributed by atoms with E-state index in [1.165, 1.54) is 0 Å². The van der Waals surface area contributed by atoms with Crippen molar-refractivity contribution in [3.8, 4) is 0 Å². The Balaban J connectivity index is 3.07. The highest BCUT2D eigenvalue weighted by atomic mass is 16.6. The number of carbonyl (C=O) groups is 2. The Hall–Kier alpha value is -1.10. The third-order valence-electron chi connectivity index (χ3n) is 2.03. The van der Waals surface area contributed by atoms with Crippen molar-refractivity contribution in [1.29, 1.82) is 0 Å². The largest absolute Gasteiger partial charge is 0.443 e. The molecule has 0 aromatic carbocycles. The lowest BCUT2D eigenvalue weighted by Crippen LogP contribution is -2.44.